The number of hydrogen-bond donors (Lipinski definition) is 2. The molecule has 2 N–H and O–H groups in total. The third kappa shape index (κ3) is 0.409. The van der Waals surface area contributed by atoms with Gasteiger partial charge in [0.25, 0.3) is 0 Å². The molecule has 0 saturated heterocycles. The number of rotatable bonds is 0. The first kappa shape index (κ1) is 6.39. The lowest BCUT2D eigenvalue weighted by Gasteiger charge is -2.33. The molecule has 8 atom stereocenters. The lowest BCUT2D eigenvalue weighted by Crippen LogP contribution is -2.27. The van der Waals surface area contributed by atoms with Gasteiger partial charge in [0, 0.05) is 0 Å². The fraction of sp³-hybridized carbons (Fsp3) is 1.00. The minimum Gasteiger partial charge on any atom is -0.393 e. The highest BCUT2D eigenvalue weighted by Crippen LogP contribution is 2.72. The Hall–Kier alpha value is -0.0800. The quantitative estimate of drug-likeness (QED) is 0.541. The van der Waals surface area contributed by atoms with Crippen LogP contribution in [-0.2, 0) is 0 Å². The molecular weight excluding hydrogens is 152 g/mol. The van der Waals surface area contributed by atoms with Gasteiger partial charge in [-0.2, -0.15) is 0 Å². The number of aliphatic hydroxyl groups excluding tert-OH is 2. The smallest absolute Gasteiger partial charge is 0.0605 e. The van der Waals surface area contributed by atoms with E-state index in [0.717, 1.165) is 0 Å². The highest BCUT2D eigenvalue weighted by molar-refractivity contribution is 5.20. The summed E-state index contributed by atoms with van der Waals surface area (Å²) in [5, 5.41) is 19.8. The second-order valence-electron chi connectivity index (χ2n) is 5.26. The molecule has 0 radical (unpaired) electrons. The van der Waals surface area contributed by atoms with E-state index in [1.165, 1.54) is 12.8 Å². The molecule has 0 aromatic rings. The van der Waals surface area contributed by atoms with Gasteiger partial charge >= 0.3 is 0 Å². The molecule has 12 heavy (non-hydrogen) atoms. The van der Waals surface area contributed by atoms with Crippen LogP contribution < -0.4 is 0 Å². The highest BCUT2D eigenvalue weighted by Gasteiger charge is 2.72. The Kier molecular flexibility index (Phi) is 0.851. The van der Waals surface area contributed by atoms with Gasteiger partial charge in [-0.25, -0.2) is 0 Å². The van der Waals surface area contributed by atoms with Gasteiger partial charge in [0.05, 0.1) is 12.2 Å². The Morgan fingerprint density at radius 2 is 1.08 bits per heavy atom. The largest absolute Gasteiger partial charge is 0.393 e. The summed E-state index contributed by atoms with van der Waals surface area (Å²) >= 11 is 0. The van der Waals surface area contributed by atoms with Crippen molar-refractivity contribution in [3.8, 4) is 0 Å². The molecule has 0 amide bonds. The van der Waals surface area contributed by atoms with Crippen molar-refractivity contribution < 1.29 is 10.2 Å². The predicted octanol–water partition coefficient (Wildman–Crippen LogP) is 0.240. The maximum atomic E-state index is 9.91. The molecule has 0 heterocycles. The summed E-state index contributed by atoms with van der Waals surface area (Å²) in [4.78, 5) is 0. The van der Waals surface area contributed by atoms with Gasteiger partial charge in [0.15, 0.2) is 0 Å². The molecule has 4 saturated carbocycles. The van der Waals surface area contributed by atoms with E-state index in [2.05, 4.69) is 0 Å². The first-order valence-electron chi connectivity index (χ1n) is 5.15. The third-order valence-electron chi connectivity index (χ3n) is 5.29. The zero-order valence-corrected chi connectivity index (χ0v) is 6.93. The van der Waals surface area contributed by atoms with Crippen LogP contribution in [0.5, 0.6) is 0 Å². The summed E-state index contributed by atoms with van der Waals surface area (Å²) < 4.78 is 0. The zero-order chi connectivity index (χ0) is 8.03. The molecule has 0 aromatic heterocycles. The molecule has 4 aliphatic carbocycles. The Balaban J connectivity index is 1.92. The van der Waals surface area contributed by atoms with Crippen molar-refractivity contribution in [3.05, 3.63) is 0 Å². The average molecular weight is 166 g/mol. The normalized spacial score (nSPS) is 76.5. The van der Waals surface area contributed by atoms with E-state index in [4.69, 9.17) is 0 Å². The van der Waals surface area contributed by atoms with Gasteiger partial charge in [0.2, 0.25) is 0 Å². The van der Waals surface area contributed by atoms with Crippen LogP contribution in [0.1, 0.15) is 12.8 Å². The molecule has 0 spiro atoms. The first-order chi connectivity index (χ1) is 5.79. The van der Waals surface area contributed by atoms with E-state index in [1.807, 2.05) is 0 Å². The minimum atomic E-state index is -0.0489. The standard InChI is InChI=1S/C10H14O2/c11-9-5-1-3-6-2-4(5)8(7(3)9)10(6)12/h3-12H,1-2H2/t3-,4?,5-,6-,7-,8-,9+,10+/m0/s1. The molecule has 1 unspecified atom stereocenters. The average Bonchev–Trinajstić information content (AvgIpc) is 2.68. The summed E-state index contributed by atoms with van der Waals surface area (Å²) in [5.41, 5.74) is 0. The molecule has 2 nitrogen and oxygen atoms in total. The van der Waals surface area contributed by atoms with Gasteiger partial charge in [-0.1, -0.05) is 0 Å². The van der Waals surface area contributed by atoms with E-state index in [1.54, 1.807) is 0 Å². The maximum absolute atomic E-state index is 9.91. The lowest BCUT2D eigenvalue weighted by molar-refractivity contribution is 0.0944. The molecule has 0 aliphatic heterocycles. The van der Waals surface area contributed by atoms with Gasteiger partial charge in [0.1, 0.15) is 0 Å². The van der Waals surface area contributed by atoms with Crippen molar-refractivity contribution in [2.45, 2.75) is 25.0 Å². The maximum Gasteiger partial charge on any atom is 0.0605 e. The number of aliphatic hydroxyl groups is 2. The lowest BCUT2D eigenvalue weighted by atomic mass is 9.71. The number of hydrogen-bond acceptors (Lipinski definition) is 2. The Labute approximate surface area is 71.6 Å². The van der Waals surface area contributed by atoms with Crippen LogP contribution in [0.3, 0.4) is 0 Å². The fourth-order valence-electron chi connectivity index (χ4n) is 5.10. The predicted molar refractivity (Wildman–Crippen MR) is 42.2 cm³/mol. The van der Waals surface area contributed by atoms with Crippen LogP contribution in [0.25, 0.3) is 0 Å². The van der Waals surface area contributed by atoms with E-state index >= 15 is 0 Å². The van der Waals surface area contributed by atoms with E-state index < -0.39 is 0 Å². The van der Waals surface area contributed by atoms with E-state index in [9.17, 15) is 10.2 Å². The molecule has 4 aliphatic rings. The van der Waals surface area contributed by atoms with Gasteiger partial charge in [-0.05, 0) is 48.3 Å². The SMILES string of the molecule is O[C@@H]1[C@H]2CC3[C@H]1[C@H]1[C@H](O)[C@H]3C[C@@H]21. The van der Waals surface area contributed by atoms with Crippen LogP contribution in [0, 0.1) is 35.5 Å². The Bertz CT molecular complexity index is 226. The summed E-state index contributed by atoms with van der Waals surface area (Å²) in [6.45, 7) is 0. The zero-order valence-electron chi connectivity index (χ0n) is 6.93. The highest BCUT2D eigenvalue weighted by atomic mass is 16.3. The van der Waals surface area contributed by atoms with Crippen molar-refractivity contribution >= 4 is 0 Å². The molecule has 4 rings (SSSR count). The van der Waals surface area contributed by atoms with Gasteiger partial charge in [-0.3, -0.25) is 0 Å². The molecule has 4 fully saturated rings. The molecular formula is C10H14O2. The third-order valence-corrected chi connectivity index (χ3v) is 5.29. The van der Waals surface area contributed by atoms with Crippen molar-refractivity contribution in [1.82, 2.24) is 0 Å². The van der Waals surface area contributed by atoms with Crippen LogP contribution in [0.2, 0.25) is 0 Å². The topological polar surface area (TPSA) is 40.5 Å². The Morgan fingerprint density at radius 1 is 0.667 bits per heavy atom. The number of fused-ring (bicyclic) bond motifs is 4. The molecule has 66 valence electrons. The Morgan fingerprint density at radius 3 is 1.42 bits per heavy atom. The van der Waals surface area contributed by atoms with Gasteiger partial charge < -0.3 is 10.2 Å². The van der Waals surface area contributed by atoms with Crippen LogP contribution in [0.4, 0.5) is 0 Å². The van der Waals surface area contributed by atoms with Crippen LogP contribution in [-0.4, -0.2) is 22.4 Å². The monoisotopic (exact) mass is 166 g/mol. The summed E-state index contributed by atoms with van der Waals surface area (Å²) in [6, 6.07) is 0. The van der Waals surface area contributed by atoms with E-state index in [0.29, 0.717) is 35.5 Å². The van der Waals surface area contributed by atoms with Crippen molar-refractivity contribution in [3.63, 3.8) is 0 Å². The molecule has 4 bridgehead atoms. The summed E-state index contributed by atoms with van der Waals surface area (Å²) in [6.07, 6.45) is 2.34. The van der Waals surface area contributed by atoms with Gasteiger partial charge in [-0.15, -0.1) is 0 Å². The van der Waals surface area contributed by atoms with Crippen LogP contribution in [0.15, 0.2) is 0 Å². The first-order valence-corrected chi connectivity index (χ1v) is 5.15. The summed E-state index contributed by atoms with van der Waals surface area (Å²) in [5.74, 6) is 3.50. The van der Waals surface area contributed by atoms with Crippen LogP contribution >= 0.6 is 0 Å². The minimum absolute atomic E-state index is 0.0489. The molecule has 0 aromatic carbocycles. The van der Waals surface area contributed by atoms with Crippen molar-refractivity contribution in [1.29, 1.82) is 0 Å². The second-order valence-corrected chi connectivity index (χ2v) is 5.26. The van der Waals surface area contributed by atoms with Crippen molar-refractivity contribution in [2.24, 2.45) is 35.5 Å². The van der Waals surface area contributed by atoms with E-state index in [-0.39, 0.29) is 12.2 Å². The van der Waals surface area contributed by atoms with Crippen molar-refractivity contribution in [2.75, 3.05) is 0 Å². The summed E-state index contributed by atoms with van der Waals surface area (Å²) in [7, 11) is 0. The fourth-order valence-corrected chi connectivity index (χ4v) is 5.10. The molecule has 2 heteroatoms. The second kappa shape index (κ2) is 1.60.